The number of rotatable bonds is 5. The Kier molecular flexibility index (Phi) is 5.80. The molecular formula is C14H18BrF2NO2S. The standard InChI is InChI=1S/C14H18BrF2NO2S/c1-13(2,3)21(20)18-14(4,5-6-19)9-7-10(15)12(17)8-11(9)16/h6-8,18H,5H2,1-4H3/t14-,21?/m0/s1. The van der Waals surface area contributed by atoms with Crippen LogP contribution in [0.2, 0.25) is 0 Å². The van der Waals surface area contributed by atoms with E-state index >= 15 is 0 Å². The molecular weight excluding hydrogens is 364 g/mol. The molecule has 3 nitrogen and oxygen atoms in total. The van der Waals surface area contributed by atoms with E-state index in [9.17, 15) is 17.8 Å². The van der Waals surface area contributed by atoms with Gasteiger partial charge in [-0.1, -0.05) is 0 Å². The maximum absolute atomic E-state index is 14.1. The Morgan fingerprint density at radius 2 is 1.81 bits per heavy atom. The number of carbonyl (C=O) groups is 1. The van der Waals surface area contributed by atoms with Crippen molar-refractivity contribution in [3.8, 4) is 0 Å². The van der Waals surface area contributed by atoms with Crippen molar-refractivity contribution in [3.05, 3.63) is 33.8 Å². The van der Waals surface area contributed by atoms with Gasteiger partial charge in [-0.3, -0.25) is 0 Å². The summed E-state index contributed by atoms with van der Waals surface area (Å²) in [6, 6.07) is 2.01. The Morgan fingerprint density at radius 3 is 2.29 bits per heavy atom. The first-order chi connectivity index (χ1) is 9.51. The van der Waals surface area contributed by atoms with Crippen LogP contribution in [0.1, 0.15) is 39.7 Å². The molecule has 0 aromatic heterocycles. The second kappa shape index (κ2) is 6.62. The first-order valence-corrected chi connectivity index (χ1v) is 8.24. The fourth-order valence-electron chi connectivity index (χ4n) is 1.68. The molecule has 0 bridgehead atoms. The van der Waals surface area contributed by atoms with E-state index in [1.54, 1.807) is 27.7 Å². The minimum atomic E-state index is -1.51. The number of hydrogen-bond donors (Lipinski definition) is 1. The number of halogens is 3. The summed E-state index contributed by atoms with van der Waals surface area (Å²) in [5, 5.41) is 0. The molecule has 1 N–H and O–H groups in total. The molecule has 7 heteroatoms. The smallest absolute Gasteiger partial charge is 0.140 e. The Hall–Kier alpha value is -0.660. The first kappa shape index (κ1) is 18.4. The van der Waals surface area contributed by atoms with Gasteiger partial charge in [-0.15, -0.1) is 0 Å². The summed E-state index contributed by atoms with van der Waals surface area (Å²) in [6.07, 6.45) is 0.521. The number of nitrogens with one attached hydrogen (secondary N) is 1. The van der Waals surface area contributed by atoms with Crippen LogP contribution < -0.4 is 4.72 Å². The van der Waals surface area contributed by atoms with Gasteiger partial charge in [0, 0.05) is 18.1 Å². The van der Waals surface area contributed by atoms with Gasteiger partial charge in [0.05, 0.1) is 25.7 Å². The minimum Gasteiger partial charge on any atom is -0.303 e. The van der Waals surface area contributed by atoms with Crippen LogP contribution in [0.15, 0.2) is 16.6 Å². The van der Waals surface area contributed by atoms with E-state index < -0.39 is 32.9 Å². The van der Waals surface area contributed by atoms with Crippen LogP contribution in [0.5, 0.6) is 0 Å². The molecule has 0 saturated heterocycles. The maximum atomic E-state index is 14.1. The molecule has 0 aliphatic carbocycles. The Labute approximate surface area is 134 Å². The van der Waals surface area contributed by atoms with Gasteiger partial charge in [0.25, 0.3) is 0 Å². The van der Waals surface area contributed by atoms with Crippen molar-refractivity contribution >= 4 is 33.2 Å². The zero-order chi connectivity index (χ0) is 16.4. The van der Waals surface area contributed by atoms with Gasteiger partial charge >= 0.3 is 0 Å². The third-order valence-electron chi connectivity index (χ3n) is 2.97. The van der Waals surface area contributed by atoms with E-state index in [1.165, 1.54) is 6.07 Å². The zero-order valence-corrected chi connectivity index (χ0v) is 14.7. The highest BCUT2D eigenvalue weighted by molar-refractivity contribution is 9.10. The Balaban J connectivity index is 3.31. The van der Waals surface area contributed by atoms with Gasteiger partial charge in [0.1, 0.15) is 17.9 Å². The van der Waals surface area contributed by atoms with Crippen LogP contribution in [0.25, 0.3) is 0 Å². The molecule has 0 heterocycles. The van der Waals surface area contributed by atoms with E-state index in [0.717, 1.165) is 6.07 Å². The molecule has 0 spiro atoms. The van der Waals surface area contributed by atoms with Gasteiger partial charge < -0.3 is 4.79 Å². The highest BCUT2D eigenvalue weighted by Crippen LogP contribution is 2.31. The predicted octanol–water partition coefficient (Wildman–Crippen LogP) is 3.58. The molecule has 118 valence electrons. The summed E-state index contributed by atoms with van der Waals surface area (Å²) in [5.74, 6) is -1.53. The molecule has 1 unspecified atom stereocenters. The third-order valence-corrected chi connectivity index (χ3v) is 5.33. The zero-order valence-electron chi connectivity index (χ0n) is 12.3. The van der Waals surface area contributed by atoms with Crippen molar-refractivity contribution < 1.29 is 17.8 Å². The van der Waals surface area contributed by atoms with Gasteiger partial charge in [0.15, 0.2) is 0 Å². The quantitative estimate of drug-likeness (QED) is 0.625. The molecule has 2 atom stereocenters. The van der Waals surface area contributed by atoms with Crippen molar-refractivity contribution in [2.75, 3.05) is 0 Å². The van der Waals surface area contributed by atoms with Gasteiger partial charge in [-0.05, 0) is 49.7 Å². The minimum absolute atomic E-state index is 0.0827. The lowest BCUT2D eigenvalue weighted by atomic mass is 9.90. The van der Waals surface area contributed by atoms with E-state index in [1.807, 2.05) is 0 Å². The maximum Gasteiger partial charge on any atom is 0.140 e. The van der Waals surface area contributed by atoms with Crippen molar-refractivity contribution in [1.82, 2.24) is 4.72 Å². The largest absolute Gasteiger partial charge is 0.303 e. The molecule has 0 aliphatic rings. The van der Waals surface area contributed by atoms with Gasteiger partial charge in [-0.25, -0.2) is 17.7 Å². The summed E-state index contributed by atoms with van der Waals surface area (Å²) in [5.41, 5.74) is -1.11. The van der Waals surface area contributed by atoms with E-state index in [-0.39, 0.29) is 16.5 Å². The average molecular weight is 382 g/mol. The first-order valence-electron chi connectivity index (χ1n) is 6.29. The Morgan fingerprint density at radius 1 is 1.24 bits per heavy atom. The molecule has 1 aromatic carbocycles. The average Bonchev–Trinajstić information content (AvgIpc) is 2.32. The highest BCUT2D eigenvalue weighted by atomic mass is 79.9. The van der Waals surface area contributed by atoms with Gasteiger partial charge in [-0.2, -0.15) is 0 Å². The molecule has 0 amide bonds. The summed E-state index contributed by atoms with van der Waals surface area (Å²) in [4.78, 5) is 10.9. The van der Waals surface area contributed by atoms with Crippen molar-refractivity contribution in [3.63, 3.8) is 0 Å². The molecule has 21 heavy (non-hydrogen) atoms. The normalized spacial score (nSPS) is 16.3. The number of carbonyl (C=O) groups excluding carboxylic acids is 1. The summed E-state index contributed by atoms with van der Waals surface area (Å²) >= 11 is 3.00. The van der Waals surface area contributed by atoms with Crippen LogP contribution in [0, 0.1) is 11.6 Å². The molecule has 0 fully saturated rings. The topological polar surface area (TPSA) is 46.2 Å². The van der Waals surface area contributed by atoms with E-state index in [4.69, 9.17) is 0 Å². The number of benzene rings is 1. The molecule has 0 aliphatic heterocycles. The van der Waals surface area contributed by atoms with Gasteiger partial charge in [0.2, 0.25) is 0 Å². The fourth-order valence-corrected chi connectivity index (χ4v) is 2.93. The fraction of sp³-hybridized carbons (Fsp3) is 0.500. The molecule has 1 aromatic rings. The van der Waals surface area contributed by atoms with Crippen LogP contribution >= 0.6 is 15.9 Å². The molecule has 0 radical (unpaired) electrons. The second-order valence-corrected chi connectivity index (χ2v) is 8.75. The number of hydrogen-bond acceptors (Lipinski definition) is 2. The highest BCUT2D eigenvalue weighted by Gasteiger charge is 2.34. The third kappa shape index (κ3) is 4.40. The SMILES string of the molecule is CC(C)(C)S(=O)N[C@@](C)(CC=O)c1cc(Br)c(F)cc1F. The summed E-state index contributed by atoms with van der Waals surface area (Å²) < 4.78 is 42.0. The van der Waals surface area contributed by atoms with E-state index in [2.05, 4.69) is 20.7 Å². The summed E-state index contributed by atoms with van der Waals surface area (Å²) in [7, 11) is -1.51. The summed E-state index contributed by atoms with van der Waals surface area (Å²) in [6.45, 7) is 6.84. The van der Waals surface area contributed by atoms with Crippen molar-refractivity contribution in [2.24, 2.45) is 0 Å². The number of aldehydes is 1. The Bertz CT molecular complexity index is 575. The van der Waals surface area contributed by atoms with Crippen LogP contribution in [0.4, 0.5) is 8.78 Å². The second-order valence-electron chi connectivity index (χ2n) is 5.93. The van der Waals surface area contributed by atoms with Crippen molar-refractivity contribution in [1.29, 1.82) is 0 Å². The lowest BCUT2D eigenvalue weighted by Gasteiger charge is -2.32. The lowest BCUT2D eigenvalue weighted by Crippen LogP contribution is -2.47. The lowest BCUT2D eigenvalue weighted by molar-refractivity contribution is -0.108. The monoisotopic (exact) mass is 381 g/mol. The molecule has 1 rings (SSSR count). The van der Waals surface area contributed by atoms with E-state index in [0.29, 0.717) is 6.29 Å². The molecule has 0 saturated carbocycles. The van der Waals surface area contributed by atoms with Crippen molar-refractivity contribution in [2.45, 2.75) is 44.4 Å². The van der Waals surface area contributed by atoms with Crippen LogP contribution in [0.3, 0.4) is 0 Å². The van der Waals surface area contributed by atoms with Crippen LogP contribution in [-0.4, -0.2) is 15.2 Å². The predicted molar refractivity (Wildman–Crippen MR) is 83.1 cm³/mol. The van der Waals surface area contributed by atoms with Crippen LogP contribution in [-0.2, 0) is 21.3 Å².